The molecule has 0 saturated heterocycles. The van der Waals surface area contributed by atoms with Gasteiger partial charge in [0.2, 0.25) is 5.28 Å². The highest BCUT2D eigenvalue weighted by molar-refractivity contribution is 6.30. The molecule has 1 aromatic heterocycles. The van der Waals surface area contributed by atoms with Crippen LogP contribution < -0.4 is 0 Å². The Hall–Kier alpha value is -1.64. The van der Waals surface area contributed by atoms with E-state index in [2.05, 4.69) is 9.97 Å². The summed E-state index contributed by atoms with van der Waals surface area (Å²) in [6.07, 6.45) is 0.684. The zero-order valence-electron chi connectivity index (χ0n) is 9.98. The van der Waals surface area contributed by atoms with Gasteiger partial charge in [0.05, 0.1) is 11.2 Å². The number of para-hydroxylation sites is 1. The average Bonchev–Trinajstić information content (AvgIpc) is 2.38. The fraction of sp³-hybridized carbons (Fsp3) is 0.0667. The number of aromatic nitrogens is 2. The summed E-state index contributed by atoms with van der Waals surface area (Å²) in [7, 11) is 0. The standard InChI is InChI=1S/C15H10Cl2N2/c16-11-5-3-4-10(8-11)9-14-12-6-1-2-7-13(12)18-15(17)19-14/h1-8H,9H2. The Kier molecular flexibility index (Phi) is 3.36. The minimum atomic E-state index is 0.274. The monoisotopic (exact) mass is 288 g/mol. The van der Waals surface area contributed by atoms with Crippen LogP contribution >= 0.6 is 23.2 Å². The molecule has 94 valence electrons. The lowest BCUT2D eigenvalue weighted by Crippen LogP contribution is -1.97. The molecule has 0 aliphatic carbocycles. The molecule has 0 unspecified atom stereocenters. The second kappa shape index (κ2) is 5.16. The van der Waals surface area contributed by atoms with Gasteiger partial charge in [-0.1, -0.05) is 41.9 Å². The van der Waals surface area contributed by atoms with Gasteiger partial charge in [0.15, 0.2) is 0 Å². The molecular formula is C15H10Cl2N2. The number of halogens is 2. The molecule has 0 fully saturated rings. The van der Waals surface area contributed by atoms with Gasteiger partial charge in [0.25, 0.3) is 0 Å². The van der Waals surface area contributed by atoms with Crippen molar-refractivity contribution in [2.75, 3.05) is 0 Å². The smallest absolute Gasteiger partial charge is 0.222 e. The molecule has 0 spiro atoms. The Bertz CT molecular complexity index is 741. The van der Waals surface area contributed by atoms with Crippen LogP contribution in [0.3, 0.4) is 0 Å². The highest BCUT2D eigenvalue weighted by atomic mass is 35.5. The molecule has 0 aliphatic rings. The Morgan fingerprint density at radius 2 is 1.74 bits per heavy atom. The van der Waals surface area contributed by atoms with Gasteiger partial charge in [0, 0.05) is 16.8 Å². The number of fused-ring (bicyclic) bond motifs is 1. The Balaban J connectivity index is 2.09. The minimum Gasteiger partial charge on any atom is -0.222 e. The number of nitrogens with zero attached hydrogens (tertiary/aromatic N) is 2. The molecule has 0 N–H and O–H groups in total. The Morgan fingerprint density at radius 3 is 2.58 bits per heavy atom. The maximum atomic E-state index is 6.00. The van der Waals surface area contributed by atoms with Crippen molar-refractivity contribution in [1.82, 2.24) is 9.97 Å². The van der Waals surface area contributed by atoms with Crippen molar-refractivity contribution >= 4 is 34.1 Å². The molecule has 2 nitrogen and oxygen atoms in total. The van der Waals surface area contributed by atoms with Gasteiger partial charge in [-0.05, 0) is 35.4 Å². The third-order valence-corrected chi connectivity index (χ3v) is 3.32. The van der Waals surface area contributed by atoms with E-state index in [1.165, 1.54) is 0 Å². The van der Waals surface area contributed by atoms with Gasteiger partial charge in [-0.2, -0.15) is 0 Å². The summed E-state index contributed by atoms with van der Waals surface area (Å²) in [5.41, 5.74) is 2.88. The van der Waals surface area contributed by atoms with Crippen LogP contribution in [0.2, 0.25) is 10.3 Å². The third kappa shape index (κ3) is 2.70. The second-order valence-corrected chi connectivity index (χ2v) is 5.04. The van der Waals surface area contributed by atoms with Crippen molar-refractivity contribution in [1.29, 1.82) is 0 Å². The van der Waals surface area contributed by atoms with Crippen molar-refractivity contribution in [3.8, 4) is 0 Å². The fourth-order valence-electron chi connectivity index (χ4n) is 2.09. The molecule has 0 amide bonds. The minimum absolute atomic E-state index is 0.274. The number of hydrogen-bond donors (Lipinski definition) is 0. The van der Waals surface area contributed by atoms with Crippen LogP contribution in [-0.4, -0.2) is 9.97 Å². The van der Waals surface area contributed by atoms with Gasteiger partial charge in [-0.3, -0.25) is 0 Å². The molecule has 2 aromatic carbocycles. The predicted molar refractivity (Wildman–Crippen MR) is 78.8 cm³/mol. The van der Waals surface area contributed by atoms with E-state index in [1.807, 2.05) is 48.5 Å². The van der Waals surface area contributed by atoms with Crippen LogP contribution in [0.15, 0.2) is 48.5 Å². The van der Waals surface area contributed by atoms with E-state index in [1.54, 1.807) is 0 Å². The van der Waals surface area contributed by atoms with E-state index < -0.39 is 0 Å². The first kappa shape index (κ1) is 12.4. The summed E-state index contributed by atoms with van der Waals surface area (Å²) in [5.74, 6) is 0. The molecule has 19 heavy (non-hydrogen) atoms. The number of benzene rings is 2. The predicted octanol–water partition coefficient (Wildman–Crippen LogP) is 4.53. The van der Waals surface area contributed by atoms with Gasteiger partial charge in [0.1, 0.15) is 0 Å². The maximum absolute atomic E-state index is 6.00. The van der Waals surface area contributed by atoms with Crippen LogP contribution in [0.5, 0.6) is 0 Å². The van der Waals surface area contributed by atoms with Crippen LogP contribution in [-0.2, 0) is 6.42 Å². The molecule has 0 saturated carbocycles. The summed E-state index contributed by atoms with van der Waals surface area (Å²) in [4.78, 5) is 8.56. The Labute approximate surface area is 121 Å². The van der Waals surface area contributed by atoms with Crippen molar-refractivity contribution in [3.63, 3.8) is 0 Å². The molecule has 0 radical (unpaired) electrons. The summed E-state index contributed by atoms with van der Waals surface area (Å²) < 4.78 is 0. The molecule has 3 rings (SSSR count). The summed E-state index contributed by atoms with van der Waals surface area (Å²) in [6, 6.07) is 15.6. The molecule has 0 atom stereocenters. The largest absolute Gasteiger partial charge is 0.223 e. The summed E-state index contributed by atoms with van der Waals surface area (Å²) in [5, 5.41) is 2.02. The van der Waals surface area contributed by atoms with Gasteiger partial charge in [-0.15, -0.1) is 0 Å². The van der Waals surface area contributed by atoms with E-state index in [0.717, 1.165) is 27.2 Å². The molecule has 0 aliphatic heterocycles. The van der Waals surface area contributed by atoms with Gasteiger partial charge >= 0.3 is 0 Å². The highest BCUT2D eigenvalue weighted by Crippen LogP contribution is 2.21. The first-order valence-electron chi connectivity index (χ1n) is 5.88. The summed E-state index contributed by atoms with van der Waals surface area (Å²) in [6.45, 7) is 0. The van der Waals surface area contributed by atoms with E-state index in [0.29, 0.717) is 6.42 Å². The highest BCUT2D eigenvalue weighted by Gasteiger charge is 2.07. The quantitative estimate of drug-likeness (QED) is 0.648. The van der Waals surface area contributed by atoms with Crippen LogP contribution in [0.4, 0.5) is 0 Å². The van der Waals surface area contributed by atoms with Gasteiger partial charge < -0.3 is 0 Å². The van der Waals surface area contributed by atoms with Crippen LogP contribution in [0.1, 0.15) is 11.3 Å². The SMILES string of the molecule is Clc1cccc(Cc2nc(Cl)nc3ccccc23)c1. The van der Waals surface area contributed by atoms with Crippen molar-refractivity contribution in [2.24, 2.45) is 0 Å². The molecule has 0 bridgehead atoms. The molecule has 1 heterocycles. The Morgan fingerprint density at radius 1 is 0.895 bits per heavy atom. The lowest BCUT2D eigenvalue weighted by Gasteiger charge is -2.06. The average molecular weight is 289 g/mol. The van der Waals surface area contributed by atoms with Crippen LogP contribution in [0, 0.1) is 0 Å². The lowest BCUT2D eigenvalue weighted by atomic mass is 10.1. The van der Waals surface area contributed by atoms with Crippen molar-refractivity contribution in [3.05, 3.63) is 70.1 Å². The van der Waals surface area contributed by atoms with Crippen molar-refractivity contribution in [2.45, 2.75) is 6.42 Å². The second-order valence-electron chi connectivity index (χ2n) is 4.26. The van der Waals surface area contributed by atoms with E-state index >= 15 is 0 Å². The first-order valence-corrected chi connectivity index (χ1v) is 6.63. The zero-order valence-corrected chi connectivity index (χ0v) is 11.5. The molecule has 4 heteroatoms. The van der Waals surface area contributed by atoms with E-state index in [-0.39, 0.29) is 5.28 Å². The number of rotatable bonds is 2. The van der Waals surface area contributed by atoms with Crippen LogP contribution in [0.25, 0.3) is 10.9 Å². The lowest BCUT2D eigenvalue weighted by molar-refractivity contribution is 1.06. The zero-order chi connectivity index (χ0) is 13.2. The fourth-order valence-corrected chi connectivity index (χ4v) is 2.49. The topological polar surface area (TPSA) is 25.8 Å². The third-order valence-electron chi connectivity index (χ3n) is 2.92. The molecule has 3 aromatic rings. The maximum Gasteiger partial charge on any atom is 0.223 e. The number of hydrogen-bond acceptors (Lipinski definition) is 2. The first-order chi connectivity index (χ1) is 9.22. The summed E-state index contributed by atoms with van der Waals surface area (Å²) >= 11 is 12.0. The molecular weight excluding hydrogens is 279 g/mol. The van der Waals surface area contributed by atoms with Gasteiger partial charge in [-0.25, -0.2) is 9.97 Å². The normalized spacial score (nSPS) is 10.8. The van der Waals surface area contributed by atoms with E-state index in [9.17, 15) is 0 Å². The van der Waals surface area contributed by atoms with Crippen molar-refractivity contribution < 1.29 is 0 Å². The van der Waals surface area contributed by atoms with E-state index in [4.69, 9.17) is 23.2 Å².